The van der Waals surface area contributed by atoms with Crippen LogP contribution in [0.5, 0.6) is 11.5 Å². The number of aryl methyl sites for hydroxylation is 1. The minimum atomic E-state index is -0.198. The lowest BCUT2D eigenvalue weighted by molar-refractivity contribution is 0.267. The maximum atomic E-state index is 13.4. The lowest BCUT2D eigenvalue weighted by Gasteiger charge is -2.15. The smallest absolute Gasteiger partial charge is 0.282 e. The second-order valence-corrected chi connectivity index (χ2v) is 10.9. The number of rotatable bonds is 9. The maximum Gasteiger partial charge on any atom is 0.282 e. The highest BCUT2D eigenvalue weighted by atomic mass is 127. The van der Waals surface area contributed by atoms with Gasteiger partial charge in [-0.3, -0.25) is 4.79 Å². The summed E-state index contributed by atoms with van der Waals surface area (Å²) in [5.41, 5.74) is 3.56. The van der Waals surface area contributed by atoms with Gasteiger partial charge in [0.2, 0.25) is 0 Å². The average Bonchev–Trinajstić information content (AvgIpc) is 2.88. The maximum absolute atomic E-state index is 13.4. The molecule has 0 saturated heterocycles. The van der Waals surface area contributed by atoms with E-state index >= 15 is 0 Å². The van der Waals surface area contributed by atoms with Crippen LogP contribution in [0.3, 0.4) is 0 Å². The van der Waals surface area contributed by atoms with Crippen molar-refractivity contribution in [1.29, 1.82) is 0 Å². The van der Waals surface area contributed by atoms with Crippen LogP contribution in [-0.4, -0.2) is 22.5 Å². The summed E-state index contributed by atoms with van der Waals surface area (Å²) in [6.45, 7) is 9.06. The van der Waals surface area contributed by atoms with Crippen LogP contribution in [0, 0.1) is 10.5 Å². The minimum Gasteiger partial charge on any atom is -0.490 e. The molecule has 4 aromatic rings. The Bertz CT molecular complexity index is 1500. The Hall–Kier alpha value is -2.72. The Kier molecular flexibility index (Phi) is 9.02. The SMILES string of the molecule is CCOc1cc(C=Nn2c([C@@H](C)CC)nc3ccc(Br)cc3c2=O)cc(I)c1OCc1ccc(C)cc1. The Balaban J connectivity index is 1.71. The standard InChI is InChI=1S/C29H29BrIN3O3/c1-5-19(4)28-33-25-12-11-22(30)15-23(25)29(35)34(28)32-16-21-13-24(31)27(26(14-21)36-6-2)37-17-20-9-7-18(3)8-10-20/h7-16,19H,5-6,17H2,1-4H3/t19-/m0/s1. The third-order valence-corrected chi connectivity index (χ3v) is 7.34. The number of hydrogen-bond acceptors (Lipinski definition) is 5. The van der Waals surface area contributed by atoms with Crippen molar-refractivity contribution in [2.45, 2.75) is 46.6 Å². The Labute approximate surface area is 239 Å². The molecule has 3 aromatic carbocycles. The molecule has 0 spiro atoms. The van der Waals surface area contributed by atoms with Crippen molar-refractivity contribution in [2.24, 2.45) is 5.10 Å². The molecule has 37 heavy (non-hydrogen) atoms. The molecule has 1 atom stereocenters. The van der Waals surface area contributed by atoms with E-state index in [1.165, 1.54) is 10.2 Å². The van der Waals surface area contributed by atoms with Gasteiger partial charge >= 0.3 is 0 Å². The highest BCUT2D eigenvalue weighted by Crippen LogP contribution is 2.34. The van der Waals surface area contributed by atoms with Crippen molar-refractivity contribution < 1.29 is 9.47 Å². The van der Waals surface area contributed by atoms with Crippen LogP contribution in [0.2, 0.25) is 0 Å². The van der Waals surface area contributed by atoms with E-state index in [4.69, 9.17) is 14.5 Å². The van der Waals surface area contributed by atoms with Gasteiger partial charge in [-0.15, -0.1) is 0 Å². The Morgan fingerprint density at radius 3 is 2.57 bits per heavy atom. The van der Waals surface area contributed by atoms with E-state index in [0.29, 0.717) is 41.4 Å². The molecule has 0 unspecified atom stereocenters. The van der Waals surface area contributed by atoms with Crippen LogP contribution in [0.1, 0.15) is 55.6 Å². The van der Waals surface area contributed by atoms with E-state index in [1.807, 2.05) is 31.2 Å². The quantitative estimate of drug-likeness (QED) is 0.137. The van der Waals surface area contributed by atoms with Gasteiger partial charge in [-0.05, 0) is 84.3 Å². The van der Waals surface area contributed by atoms with Gasteiger partial charge in [0.25, 0.3) is 5.56 Å². The fraction of sp³-hybridized carbons (Fsp3) is 0.276. The van der Waals surface area contributed by atoms with Crippen LogP contribution >= 0.6 is 38.5 Å². The van der Waals surface area contributed by atoms with Gasteiger partial charge in [0.05, 0.1) is 27.3 Å². The zero-order valence-electron chi connectivity index (χ0n) is 21.3. The predicted octanol–water partition coefficient (Wildman–Crippen LogP) is 7.45. The highest BCUT2D eigenvalue weighted by molar-refractivity contribution is 14.1. The van der Waals surface area contributed by atoms with Gasteiger partial charge in [0.15, 0.2) is 11.5 Å². The van der Waals surface area contributed by atoms with Crippen molar-refractivity contribution in [1.82, 2.24) is 9.66 Å². The number of halogens is 2. The number of ether oxygens (including phenoxy) is 2. The molecule has 192 valence electrons. The molecule has 0 bridgehead atoms. The topological polar surface area (TPSA) is 65.7 Å². The molecule has 4 rings (SSSR count). The van der Waals surface area contributed by atoms with Crippen LogP contribution in [0.15, 0.2) is 69.0 Å². The third kappa shape index (κ3) is 6.41. The molecule has 6 nitrogen and oxygen atoms in total. The fourth-order valence-electron chi connectivity index (χ4n) is 3.81. The van der Waals surface area contributed by atoms with Crippen LogP contribution in [-0.2, 0) is 6.61 Å². The molecule has 1 aromatic heterocycles. The number of nitrogens with zero attached hydrogens (tertiary/aromatic N) is 3. The summed E-state index contributed by atoms with van der Waals surface area (Å²) in [5.74, 6) is 2.03. The summed E-state index contributed by atoms with van der Waals surface area (Å²) in [4.78, 5) is 18.2. The first-order chi connectivity index (χ1) is 17.8. The largest absolute Gasteiger partial charge is 0.490 e. The number of benzene rings is 3. The van der Waals surface area contributed by atoms with E-state index in [-0.39, 0.29) is 11.5 Å². The summed E-state index contributed by atoms with van der Waals surface area (Å²) >= 11 is 5.70. The number of aromatic nitrogens is 2. The molecule has 0 N–H and O–H groups in total. The third-order valence-electron chi connectivity index (χ3n) is 6.04. The van der Waals surface area contributed by atoms with Crippen molar-refractivity contribution in [3.63, 3.8) is 0 Å². The van der Waals surface area contributed by atoms with Crippen molar-refractivity contribution in [2.75, 3.05) is 6.61 Å². The zero-order chi connectivity index (χ0) is 26.5. The zero-order valence-corrected chi connectivity index (χ0v) is 25.0. The van der Waals surface area contributed by atoms with Crippen LogP contribution in [0.25, 0.3) is 10.9 Å². The summed E-state index contributed by atoms with van der Waals surface area (Å²) in [6, 6.07) is 17.7. The first-order valence-corrected chi connectivity index (χ1v) is 14.1. The van der Waals surface area contributed by atoms with E-state index in [2.05, 4.69) is 88.7 Å². The lowest BCUT2D eigenvalue weighted by Crippen LogP contribution is -2.23. The summed E-state index contributed by atoms with van der Waals surface area (Å²) < 4.78 is 15.2. The highest BCUT2D eigenvalue weighted by Gasteiger charge is 2.16. The molecule has 0 saturated carbocycles. The number of fused-ring (bicyclic) bond motifs is 1. The molecule has 0 amide bonds. The fourth-order valence-corrected chi connectivity index (χ4v) is 4.95. The van der Waals surface area contributed by atoms with Crippen molar-refractivity contribution in [3.8, 4) is 11.5 Å². The summed E-state index contributed by atoms with van der Waals surface area (Å²) in [6.07, 6.45) is 2.51. The summed E-state index contributed by atoms with van der Waals surface area (Å²) in [7, 11) is 0. The molecule has 0 aliphatic carbocycles. The van der Waals surface area contributed by atoms with E-state index in [1.54, 1.807) is 12.3 Å². The first kappa shape index (κ1) is 27.3. The lowest BCUT2D eigenvalue weighted by atomic mass is 10.1. The van der Waals surface area contributed by atoms with E-state index < -0.39 is 0 Å². The molecule has 0 radical (unpaired) electrons. The predicted molar refractivity (Wildman–Crippen MR) is 161 cm³/mol. The monoisotopic (exact) mass is 673 g/mol. The van der Waals surface area contributed by atoms with Gasteiger partial charge in [-0.25, -0.2) is 4.98 Å². The average molecular weight is 674 g/mol. The van der Waals surface area contributed by atoms with Gasteiger partial charge in [-0.2, -0.15) is 9.78 Å². The van der Waals surface area contributed by atoms with Crippen molar-refractivity contribution >= 4 is 55.6 Å². The molecule has 8 heteroatoms. The molecule has 0 aliphatic heterocycles. The second kappa shape index (κ2) is 12.2. The minimum absolute atomic E-state index is 0.0644. The first-order valence-electron chi connectivity index (χ1n) is 12.2. The Morgan fingerprint density at radius 1 is 1.11 bits per heavy atom. The molecular weight excluding hydrogens is 645 g/mol. The van der Waals surface area contributed by atoms with E-state index in [9.17, 15) is 4.79 Å². The van der Waals surface area contributed by atoms with Gasteiger partial charge in [-0.1, -0.05) is 59.6 Å². The summed E-state index contributed by atoms with van der Waals surface area (Å²) in [5, 5.41) is 5.12. The van der Waals surface area contributed by atoms with Crippen LogP contribution < -0.4 is 15.0 Å². The second-order valence-electron chi connectivity index (χ2n) is 8.84. The van der Waals surface area contributed by atoms with Crippen LogP contribution in [0.4, 0.5) is 0 Å². The normalized spacial score (nSPS) is 12.3. The van der Waals surface area contributed by atoms with E-state index in [0.717, 1.165) is 25.6 Å². The molecule has 0 aliphatic rings. The van der Waals surface area contributed by atoms with Gasteiger partial charge in [0.1, 0.15) is 12.4 Å². The number of hydrogen-bond donors (Lipinski definition) is 0. The molecular formula is C29H29BrIN3O3. The van der Waals surface area contributed by atoms with Gasteiger partial charge in [0, 0.05) is 10.4 Å². The molecule has 1 heterocycles. The van der Waals surface area contributed by atoms with Crippen molar-refractivity contribution in [3.05, 3.63) is 95.5 Å². The Morgan fingerprint density at radius 2 is 1.86 bits per heavy atom. The molecule has 0 fully saturated rings. The van der Waals surface area contributed by atoms with Gasteiger partial charge < -0.3 is 9.47 Å².